The number of amides is 1. The number of nitrogens with one attached hydrogen (secondary N) is 2. The third-order valence-electron chi connectivity index (χ3n) is 5.94. The first-order valence-corrected chi connectivity index (χ1v) is 10.1. The molecule has 0 aliphatic carbocycles. The number of benzene rings is 1. The molecular formula is C20H30N6O. The Morgan fingerprint density at radius 3 is 2.93 bits per heavy atom. The van der Waals surface area contributed by atoms with Crippen molar-refractivity contribution in [2.45, 2.75) is 37.8 Å². The minimum absolute atomic E-state index is 0.0817. The number of aromatic amines is 1. The van der Waals surface area contributed by atoms with E-state index in [9.17, 15) is 4.79 Å². The van der Waals surface area contributed by atoms with Gasteiger partial charge in [0.15, 0.2) is 0 Å². The third kappa shape index (κ3) is 4.31. The van der Waals surface area contributed by atoms with Crippen molar-refractivity contribution in [1.82, 2.24) is 25.3 Å². The van der Waals surface area contributed by atoms with E-state index in [1.807, 2.05) is 17.0 Å². The van der Waals surface area contributed by atoms with Gasteiger partial charge in [0, 0.05) is 37.6 Å². The monoisotopic (exact) mass is 370 g/mol. The largest absolute Gasteiger partial charge is 0.341 e. The summed E-state index contributed by atoms with van der Waals surface area (Å²) in [6, 6.07) is 6.21. The second-order valence-electron chi connectivity index (χ2n) is 7.80. The maximum atomic E-state index is 12.8. The van der Waals surface area contributed by atoms with Crippen LogP contribution in [0.15, 0.2) is 24.4 Å². The van der Waals surface area contributed by atoms with E-state index in [0.717, 1.165) is 62.0 Å². The first kappa shape index (κ1) is 18.4. The third-order valence-corrected chi connectivity index (χ3v) is 5.94. The molecule has 1 unspecified atom stereocenters. The number of H-pyrrole nitrogens is 1. The molecule has 4 N–H and O–H groups in total. The molecule has 1 aromatic heterocycles. The molecule has 0 spiro atoms. The Morgan fingerprint density at radius 2 is 2.07 bits per heavy atom. The highest BCUT2D eigenvalue weighted by molar-refractivity contribution is 5.83. The molecule has 2 aliphatic heterocycles. The summed E-state index contributed by atoms with van der Waals surface area (Å²) in [4.78, 5) is 17.4. The Hall–Kier alpha value is -1.96. The molecule has 3 heterocycles. The minimum atomic E-state index is -0.478. The number of likely N-dealkylation sites (tertiary alicyclic amines) is 1. The van der Waals surface area contributed by atoms with Crippen LogP contribution in [0, 0.1) is 0 Å². The number of carbonyl (C=O) groups excluding carboxylic acids is 1. The van der Waals surface area contributed by atoms with Crippen molar-refractivity contribution in [2.75, 3.05) is 39.3 Å². The highest BCUT2D eigenvalue weighted by atomic mass is 16.2. The molecular weight excluding hydrogens is 340 g/mol. The molecule has 0 bridgehead atoms. The lowest BCUT2D eigenvalue weighted by atomic mass is 10.00. The van der Waals surface area contributed by atoms with Gasteiger partial charge in [-0.05, 0) is 56.5 Å². The summed E-state index contributed by atoms with van der Waals surface area (Å²) in [6.07, 6.45) is 5.69. The number of hydrogen-bond acceptors (Lipinski definition) is 5. The molecule has 146 valence electrons. The molecule has 1 aromatic carbocycles. The van der Waals surface area contributed by atoms with Gasteiger partial charge in [-0.2, -0.15) is 5.10 Å². The summed E-state index contributed by atoms with van der Waals surface area (Å²) in [5.74, 6) is 0.0817. The Kier molecular flexibility index (Phi) is 5.71. The van der Waals surface area contributed by atoms with Crippen molar-refractivity contribution in [3.05, 3.63) is 30.0 Å². The van der Waals surface area contributed by atoms with Gasteiger partial charge >= 0.3 is 0 Å². The zero-order chi connectivity index (χ0) is 18.6. The van der Waals surface area contributed by atoms with E-state index in [1.165, 1.54) is 13.0 Å². The SMILES string of the molecule is NC(Cc1ccc2[nH]ncc2c1)C(=O)N1CCC(N2CCCNCC2)CC1. The molecule has 0 saturated carbocycles. The van der Waals surface area contributed by atoms with Gasteiger partial charge in [0.05, 0.1) is 17.8 Å². The van der Waals surface area contributed by atoms with Gasteiger partial charge in [-0.1, -0.05) is 6.07 Å². The van der Waals surface area contributed by atoms with Gasteiger partial charge in [0.1, 0.15) is 0 Å². The maximum Gasteiger partial charge on any atom is 0.239 e. The van der Waals surface area contributed by atoms with Gasteiger partial charge < -0.3 is 16.0 Å². The second-order valence-corrected chi connectivity index (χ2v) is 7.80. The topological polar surface area (TPSA) is 90.3 Å². The van der Waals surface area contributed by atoms with Gasteiger partial charge in [0.25, 0.3) is 0 Å². The molecule has 1 amide bonds. The highest BCUT2D eigenvalue weighted by Gasteiger charge is 2.29. The van der Waals surface area contributed by atoms with E-state index < -0.39 is 6.04 Å². The molecule has 4 rings (SSSR count). The summed E-state index contributed by atoms with van der Waals surface area (Å²) >= 11 is 0. The average molecular weight is 371 g/mol. The predicted octanol–water partition coefficient (Wildman–Crippen LogP) is 0.719. The fourth-order valence-electron chi connectivity index (χ4n) is 4.38. The van der Waals surface area contributed by atoms with Crippen LogP contribution >= 0.6 is 0 Å². The average Bonchev–Trinajstić information content (AvgIpc) is 2.99. The van der Waals surface area contributed by atoms with Crippen LogP contribution in [0.5, 0.6) is 0 Å². The standard InChI is InChI=1S/C20H30N6O/c21-18(13-15-2-3-19-16(12-15)14-23-24-19)20(27)26-9-4-17(5-10-26)25-8-1-6-22-7-11-25/h2-3,12,14,17-18,22H,1,4-11,13,21H2,(H,23,24). The van der Waals surface area contributed by atoms with Gasteiger partial charge in [-0.3, -0.25) is 14.8 Å². The van der Waals surface area contributed by atoms with E-state index in [1.54, 1.807) is 6.20 Å². The molecule has 7 nitrogen and oxygen atoms in total. The van der Waals surface area contributed by atoms with Crippen LogP contribution in [0.2, 0.25) is 0 Å². The van der Waals surface area contributed by atoms with Crippen molar-refractivity contribution < 1.29 is 4.79 Å². The summed E-state index contributed by atoms with van der Waals surface area (Å²) in [7, 11) is 0. The van der Waals surface area contributed by atoms with E-state index in [2.05, 4.69) is 26.5 Å². The summed E-state index contributed by atoms with van der Waals surface area (Å²) in [6.45, 7) is 6.12. The zero-order valence-corrected chi connectivity index (χ0v) is 15.9. The van der Waals surface area contributed by atoms with Crippen molar-refractivity contribution in [1.29, 1.82) is 0 Å². The molecule has 2 saturated heterocycles. The quantitative estimate of drug-likeness (QED) is 0.738. The lowest BCUT2D eigenvalue weighted by Gasteiger charge is -2.38. The molecule has 2 aromatic rings. The van der Waals surface area contributed by atoms with E-state index in [-0.39, 0.29) is 5.91 Å². The van der Waals surface area contributed by atoms with Crippen LogP contribution in [-0.4, -0.2) is 77.3 Å². The lowest BCUT2D eigenvalue weighted by Crippen LogP contribution is -2.51. The Balaban J connectivity index is 1.30. The summed E-state index contributed by atoms with van der Waals surface area (Å²) < 4.78 is 0. The summed E-state index contributed by atoms with van der Waals surface area (Å²) in [5.41, 5.74) is 8.35. The van der Waals surface area contributed by atoms with Crippen LogP contribution in [0.4, 0.5) is 0 Å². The summed E-state index contributed by atoms with van der Waals surface area (Å²) in [5, 5.41) is 11.5. The fraction of sp³-hybridized carbons (Fsp3) is 0.600. The van der Waals surface area contributed by atoms with Gasteiger partial charge in [0.2, 0.25) is 5.91 Å². The number of piperidine rings is 1. The first-order valence-electron chi connectivity index (χ1n) is 10.1. The van der Waals surface area contributed by atoms with Crippen molar-refractivity contribution in [3.63, 3.8) is 0 Å². The van der Waals surface area contributed by atoms with Crippen molar-refractivity contribution in [2.24, 2.45) is 5.73 Å². The molecule has 1 atom stereocenters. The van der Waals surface area contributed by atoms with Gasteiger partial charge in [-0.25, -0.2) is 0 Å². The number of fused-ring (bicyclic) bond motifs is 1. The Labute approximate surface area is 160 Å². The van der Waals surface area contributed by atoms with Crippen molar-refractivity contribution in [3.8, 4) is 0 Å². The number of aromatic nitrogens is 2. The zero-order valence-electron chi connectivity index (χ0n) is 15.9. The van der Waals surface area contributed by atoms with Crippen LogP contribution in [-0.2, 0) is 11.2 Å². The van der Waals surface area contributed by atoms with Crippen LogP contribution in [0.3, 0.4) is 0 Å². The Morgan fingerprint density at radius 1 is 1.22 bits per heavy atom. The van der Waals surface area contributed by atoms with E-state index in [4.69, 9.17) is 5.73 Å². The normalized spacial score (nSPS) is 21.3. The predicted molar refractivity (Wildman–Crippen MR) is 106 cm³/mol. The fourth-order valence-corrected chi connectivity index (χ4v) is 4.38. The maximum absolute atomic E-state index is 12.8. The van der Waals surface area contributed by atoms with Crippen LogP contribution in [0.1, 0.15) is 24.8 Å². The number of carbonyl (C=O) groups is 1. The molecule has 27 heavy (non-hydrogen) atoms. The molecule has 0 radical (unpaired) electrons. The van der Waals surface area contributed by atoms with E-state index >= 15 is 0 Å². The van der Waals surface area contributed by atoms with Crippen molar-refractivity contribution >= 4 is 16.8 Å². The second kappa shape index (κ2) is 8.37. The number of hydrogen-bond donors (Lipinski definition) is 3. The van der Waals surface area contributed by atoms with Gasteiger partial charge in [-0.15, -0.1) is 0 Å². The highest BCUT2D eigenvalue weighted by Crippen LogP contribution is 2.19. The first-order chi connectivity index (χ1) is 13.2. The van der Waals surface area contributed by atoms with Crippen LogP contribution in [0.25, 0.3) is 10.9 Å². The molecule has 2 fully saturated rings. The molecule has 7 heteroatoms. The number of rotatable bonds is 4. The Bertz CT molecular complexity index is 759. The minimum Gasteiger partial charge on any atom is -0.341 e. The smallest absolute Gasteiger partial charge is 0.239 e. The number of nitrogens with zero attached hydrogens (tertiary/aromatic N) is 3. The molecule has 2 aliphatic rings. The van der Waals surface area contributed by atoms with Crippen LogP contribution < -0.4 is 11.1 Å². The van der Waals surface area contributed by atoms with E-state index in [0.29, 0.717) is 12.5 Å². The number of nitrogens with two attached hydrogens (primary N) is 1. The lowest BCUT2D eigenvalue weighted by molar-refractivity contribution is -0.134.